The summed E-state index contributed by atoms with van der Waals surface area (Å²) in [6.45, 7) is 8.65. The average molecular weight is 199 g/mol. The topological polar surface area (TPSA) is 23.8 Å². The first-order valence-corrected chi connectivity index (χ1v) is 5.47. The first kappa shape index (κ1) is 10.2. The normalized spacial score (nSPS) is 28.6. The van der Waals surface area contributed by atoms with Crippen molar-refractivity contribution in [1.29, 1.82) is 5.26 Å². The predicted molar refractivity (Wildman–Crippen MR) is 61.7 cm³/mol. The van der Waals surface area contributed by atoms with Gasteiger partial charge in [0.25, 0.3) is 0 Å². The second-order valence-electron chi connectivity index (χ2n) is 5.05. The Morgan fingerprint density at radius 3 is 2.33 bits per heavy atom. The summed E-state index contributed by atoms with van der Waals surface area (Å²) < 4.78 is 0. The summed E-state index contributed by atoms with van der Waals surface area (Å²) in [4.78, 5) is 0. The molecule has 1 saturated carbocycles. The van der Waals surface area contributed by atoms with E-state index in [2.05, 4.69) is 45.9 Å². The van der Waals surface area contributed by atoms with Crippen molar-refractivity contribution in [2.75, 3.05) is 0 Å². The van der Waals surface area contributed by atoms with Gasteiger partial charge in [0, 0.05) is 5.41 Å². The molecule has 0 radical (unpaired) electrons. The largest absolute Gasteiger partial charge is 0.198 e. The molecule has 0 aromatic heterocycles. The second kappa shape index (κ2) is 3.10. The molecule has 2 rings (SSSR count). The van der Waals surface area contributed by atoms with Crippen LogP contribution in [0.3, 0.4) is 0 Å². The molecule has 0 saturated heterocycles. The van der Waals surface area contributed by atoms with E-state index < -0.39 is 0 Å². The van der Waals surface area contributed by atoms with Crippen LogP contribution in [0.15, 0.2) is 12.1 Å². The lowest BCUT2D eigenvalue weighted by atomic mass is 9.89. The highest BCUT2D eigenvalue weighted by atomic mass is 14.6. The lowest BCUT2D eigenvalue weighted by Gasteiger charge is -2.15. The Morgan fingerprint density at radius 2 is 1.80 bits per heavy atom. The zero-order valence-corrected chi connectivity index (χ0v) is 9.89. The third-order valence-electron chi connectivity index (χ3n) is 3.85. The fraction of sp³-hybridized carbons (Fsp3) is 0.500. The Hall–Kier alpha value is -1.29. The fourth-order valence-electron chi connectivity index (χ4n) is 2.43. The molecule has 1 nitrogen and oxygen atoms in total. The quantitative estimate of drug-likeness (QED) is 0.680. The van der Waals surface area contributed by atoms with Crippen LogP contribution in [0, 0.1) is 38.0 Å². The molecule has 0 heterocycles. The van der Waals surface area contributed by atoms with E-state index in [1.165, 1.54) is 22.3 Å². The molecule has 78 valence electrons. The third kappa shape index (κ3) is 1.45. The van der Waals surface area contributed by atoms with E-state index in [9.17, 15) is 0 Å². The Morgan fingerprint density at radius 1 is 1.20 bits per heavy atom. The van der Waals surface area contributed by atoms with Gasteiger partial charge in [-0.1, -0.05) is 19.1 Å². The number of hydrogen-bond donors (Lipinski definition) is 0. The molecule has 0 bridgehead atoms. The molecule has 0 aliphatic heterocycles. The van der Waals surface area contributed by atoms with Crippen molar-refractivity contribution in [2.45, 2.75) is 39.5 Å². The van der Waals surface area contributed by atoms with Crippen LogP contribution in [-0.2, 0) is 5.41 Å². The fourth-order valence-corrected chi connectivity index (χ4v) is 2.43. The van der Waals surface area contributed by atoms with Gasteiger partial charge in [0.15, 0.2) is 0 Å². The van der Waals surface area contributed by atoms with Gasteiger partial charge < -0.3 is 0 Å². The van der Waals surface area contributed by atoms with Crippen molar-refractivity contribution in [3.8, 4) is 6.07 Å². The molecule has 0 amide bonds. The van der Waals surface area contributed by atoms with E-state index in [0.717, 1.165) is 6.42 Å². The summed E-state index contributed by atoms with van der Waals surface area (Å²) >= 11 is 0. The van der Waals surface area contributed by atoms with Crippen LogP contribution in [0.4, 0.5) is 0 Å². The van der Waals surface area contributed by atoms with Crippen LogP contribution in [0.1, 0.15) is 35.6 Å². The Balaban J connectivity index is 2.48. The minimum Gasteiger partial charge on any atom is -0.198 e. The maximum absolute atomic E-state index is 8.97. The molecule has 1 aromatic carbocycles. The molecule has 1 fully saturated rings. The van der Waals surface area contributed by atoms with Crippen LogP contribution in [0.2, 0.25) is 0 Å². The Labute approximate surface area is 91.7 Å². The highest BCUT2D eigenvalue weighted by Gasteiger charge is 2.52. The van der Waals surface area contributed by atoms with Gasteiger partial charge in [-0.2, -0.15) is 5.26 Å². The number of hydrogen-bond acceptors (Lipinski definition) is 1. The summed E-state index contributed by atoms with van der Waals surface area (Å²) in [5.41, 5.74) is 5.50. The molecule has 2 unspecified atom stereocenters. The summed E-state index contributed by atoms with van der Waals surface area (Å²) in [7, 11) is 0. The van der Waals surface area contributed by atoms with Crippen LogP contribution >= 0.6 is 0 Å². The summed E-state index contributed by atoms with van der Waals surface area (Å²) in [5, 5.41) is 8.97. The maximum atomic E-state index is 8.97. The standard InChI is InChI=1S/C14H17N/c1-9-5-11(3)13(6-10(9)2)14(4)7-12(14)8-15/h5-6,12H,7H2,1-4H3. The molecule has 15 heavy (non-hydrogen) atoms. The maximum Gasteiger partial charge on any atom is 0.0665 e. The van der Waals surface area contributed by atoms with Crippen LogP contribution in [-0.4, -0.2) is 0 Å². The molecular formula is C14H17N. The lowest BCUT2D eigenvalue weighted by molar-refractivity contribution is 0.733. The van der Waals surface area contributed by atoms with Gasteiger partial charge in [-0.25, -0.2) is 0 Å². The average Bonchev–Trinajstić information content (AvgIpc) is 2.84. The molecule has 2 atom stereocenters. The summed E-state index contributed by atoms with van der Waals surface area (Å²) in [6.07, 6.45) is 1.02. The number of nitrogens with zero attached hydrogens (tertiary/aromatic N) is 1. The number of nitriles is 1. The van der Waals surface area contributed by atoms with Crippen molar-refractivity contribution in [3.63, 3.8) is 0 Å². The van der Waals surface area contributed by atoms with Crippen LogP contribution in [0.5, 0.6) is 0 Å². The molecule has 0 N–H and O–H groups in total. The van der Waals surface area contributed by atoms with Crippen molar-refractivity contribution in [2.24, 2.45) is 5.92 Å². The first-order chi connectivity index (χ1) is 6.99. The van der Waals surface area contributed by atoms with Gasteiger partial charge in [0.05, 0.1) is 12.0 Å². The van der Waals surface area contributed by atoms with E-state index >= 15 is 0 Å². The number of aryl methyl sites for hydroxylation is 3. The lowest BCUT2D eigenvalue weighted by Crippen LogP contribution is -2.07. The van der Waals surface area contributed by atoms with E-state index in [0.29, 0.717) is 0 Å². The van der Waals surface area contributed by atoms with Crippen molar-refractivity contribution in [3.05, 3.63) is 34.4 Å². The molecule has 1 heteroatoms. The highest BCUT2D eigenvalue weighted by Crippen LogP contribution is 2.54. The second-order valence-corrected chi connectivity index (χ2v) is 5.05. The van der Waals surface area contributed by atoms with Crippen molar-refractivity contribution in [1.82, 2.24) is 0 Å². The molecule has 1 aromatic rings. The van der Waals surface area contributed by atoms with E-state index in [-0.39, 0.29) is 11.3 Å². The summed E-state index contributed by atoms with van der Waals surface area (Å²) in [6, 6.07) is 6.89. The SMILES string of the molecule is Cc1cc(C)c(C2(C)CC2C#N)cc1C. The van der Waals surface area contributed by atoms with Gasteiger partial charge in [-0.3, -0.25) is 0 Å². The predicted octanol–water partition coefficient (Wildman–Crippen LogP) is 3.41. The van der Waals surface area contributed by atoms with Gasteiger partial charge in [-0.15, -0.1) is 0 Å². The van der Waals surface area contributed by atoms with Gasteiger partial charge in [0.2, 0.25) is 0 Å². The number of rotatable bonds is 1. The first-order valence-electron chi connectivity index (χ1n) is 5.47. The van der Waals surface area contributed by atoms with Gasteiger partial charge >= 0.3 is 0 Å². The van der Waals surface area contributed by atoms with Gasteiger partial charge in [-0.05, 0) is 49.4 Å². The van der Waals surface area contributed by atoms with E-state index in [1.807, 2.05) is 0 Å². The van der Waals surface area contributed by atoms with Crippen molar-refractivity contribution < 1.29 is 0 Å². The van der Waals surface area contributed by atoms with Crippen LogP contribution in [0.25, 0.3) is 0 Å². The number of benzene rings is 1. The Kier molecular flexibility index (Phi) is 2.12. The van der Waals surface area contributed by atoms with Crippen molar-refractivity contribution >= 4 is 0 Å². The van der Waals surface area contributed by atoms with Crippen LogP contribution < -0.4 is 0 Å². The molecule has 1 aliphatic rings. The van der Waals surface area contributed by atoms with E-state index in [4.69, 9.17) is 5.26 Å². The third-order valence-corrected chi connectivity index (χ3v) is 3.85. The molecule has 0 spiro atoms. The molecular weight excluding hydrogens is 182 g/mol. The molecule has 1 aliphatic carbocycles. The smallest absolute Gasteiger partial charge is 0.0665 e. The zero-order valence-electron chi connectivity index (χ0n) is 9.89. The van der Waals surface area contributed by atoms with Gasteiger partial charge in [0.1, 0.15) is 0 Å². The Bertz CT molecular complexity index is 453. The monoisotopic (exact) mass is 199 g/mol. The minimum absolute atomic E-state index is 0.122. The zero-order chi connectivity index (χ0) is 11.2. The van der Waals surface area contributed by atoms with E-state index in [1.54, 1.807) is 0 Å². The minimum atomic E-state index is 0.122. The summed E-state index contributed by atoms with van der Waals surface area (Å²) in [5.74, 6) is 0.221. The highest BCUT2D eigenvalue weighted by molar-refractivity contribution is 5.45.